The molecule has 1 aliphatic heterocycles. The number of rotatable bonds is 5. The van der Waals surface area contributed by atoms with E-state index in [-0.39, 0.29) is 28.5 Å². The summed E-state index contributed by atoms with van der Waals surface area (Å²) in [6, 6.07) is 1.21. The topological polar surface area (TPSA) is 77.9 Å². The summed E-state index contributed by atoms with van der Waals surface area (Å²) in [5, 5.41) is 9.77. The van der Waals surface area contributed by atoms with Crippen molar-refractivity contribution in [1.82, 2.24) is 4.90 Å². The maximum absolute atomic E-state index is 13.6. The Balaban J connectivity index is 2.03. The molecule has 2 amide bonds. The van der Waals surface area contributed by atoms with Gasteiger partial charge in [0.1, 0.15) is 10.9 Å². The minimum Gasteiger partial charge on any atom is -0.477 e. The molecule has 0 bridgehead atoms. The molecule has 1 N–H and O–H groups in total. The second kappa shape index (κ2) is 8.23. The highest BCUT2D eigenvalue weighted by molar-refractivity contribution is 7.14. The number of carbonyl (C=O) groups is 3. The number of carboxylic acids is 1. The summed E-state index contributed by atoms with van der Waals surface area (Å²) < 4.78 is 0. The van der Waals surface area contributed by atoms with E-state index in [1.54, 1.807) is 16.8 Å². The average Bonchev–Trinajstić information content (AvgIpc) is 3.22. The van der Waals surface area contributed by atoms with E-state index in [4.69, 9.17) is 0 Å². The molecule has 2 fully saturated rings. The van der Waals surface area contributed by atoms with Gasteiger partial charge in [0, 0.05) is 24.4 Å². The molecule has 28 heavy (non-hydrogen) atoms. The molecule has 0 unspecified atom stereocenters. The summed E-state index contributed by atoms with van der Waals surface area (Å²) in [6.07, 6.45) is 4.13. The van der Waals surface area contributed by atoms with Gasteiger partial charge in [0.25, 0.3) is 0 Å². The molecule has 0 spiro atoms. The van der Waals surface area contributed by atoms with Gasteiger partial charge in [0.05, 0.1) is 5.69 Å². The van der Waals surface area contributed by atoms with E-state index in [2.05, 4.69) is 6.92 Å². The molecule has 2 aliphatic rings. The van der Waals surface area contributed by atoms with Crippen LogP contribution in [0.1, 0.15) is 73.3 Å². The van der Waals surface area contributed by atoms with Crippen LogP contribution in [0, 0.1) is 11.8 Å². The third-order valence-electron chi connectivity index (χ3n) is 6.07. The number of amides is 2. The third kappa shape index (κ3) is 3.95. The number of aromatic carboxylic acids is 1. The number of carboxylic acid groups (broad SMARTS) is 1. The summed E-state index contributed by atoms with van der Waals surface area (Å²) in [4.78, 5) is 42.5. The number of likely N-dealkylation sites (N-methyl/N-ethyl adjacent to an activating group) is 1. The van der Waals surface area contributed by atoms with Gasteiger partial charge >= 0.3 is 5.97 Å². The summed E-state index contributed by atoms with van der Waals surface area (Å²) in [7, 11) is 1.73. The van der Waals surface area contributed by atoms with Gasteiger partial charge < -0.3 is 10.0 Å². The largest absolute Gasteiger partial charge is 0.477 e. The SMILES string of the molecule is CC1CCC(C(=O)N(c2cc(C(C)C)sc2C(=O)O)[C@H]2CCN(C)C2=O)CC1. The highest BCUT2D eigenvalue weighted by Gasteiger charge is 2.42. The lowest BCUT2D eigenvalue weighted by Gasteiger charge is -2.33. The Bertz CT molecular complexity index is 764. The molecular formula is C21H30N2O4S. The molecule has 1 aromatic heterocycles. The highest BCUT2D eigenvalue weighted by Crippen LogP contribution is 2.39. The second-order valence-corrected chi connectivity index (χ2v) is 9.64. The Morgan fingerprint density at radius 1 is 1.21 bits per heavy atom. The van der Waals surface area contributed by atoms with Gasteiger partial charge in [-0.2, -0.15) is 0 Å². The van der Waals surface area contributed by atoms with Crippen molar-refractivity contribution in [2.24, 2.45) is 11.8 Å². The van der Waals surface area contributed by atoms with Crippen LogP contribution in [0.25, 0.3) is 0 Å². The number of hydrogen-bond donors (Lipinski definition) is 1. The van der Waals surface area contributed by atoms with E-state index in [0.29, 0.717) is 24.6 Å². The van der Waals surface area contributed by atoms with Crippen LogP contribution in [0.5, 0.6) is 0 Å². The van der Waals surface area contributed by atoms with Crippen molar-refractivity contribution in [2.45, 2.75) is 64.8 Å². The van der Waals surface area contributed by atoms with Crippen LogP contribution in [0.4, 0.5) is 5.69 Å². The first-order valence-electron chi connectivity index (χ1n) is 10.2. The first-order chi connectivity index (χ1) is 13.2. The molecule has 1 saturated carbocycles. The molecule has 1 atom stereocenters. The fourth-order valence-corrected chi connectivity index (χ4v) is 5.20. The first kappa shape index (κ1) is 20.8. The second-order valence-electron chi connectivity index (χ2n) is 8.55. The van der Waals surface area contributed by atoms with Gasteiger partial charge in [-0.3, -0.25) is 14.5 Å². The predicted molar refractivity (Wildman–Crippen MR) is 110 cm³/mol. The Morgan fingerprint density at radius 2 is 1.86 bits per heavy atom. The van der Waals surface area contributed by atoms with Gasteiger partial charge in [0.2, 0.25) is 11.8 Å². The number of likely N-dealkylation sites (tertiary alicyclic amines) is 1. The lowest BCUT2D eigenvalue weighted by Crippen LogP contribution is -2.48. The third-order valence-corrected chi connectivity index (χ3v) is 7.48. The molecule has 2 heterocycles. The van der Waals surface area contributed by atoms with E-state index in [1.165, 1.54) is 11.3 Å². The normalized spacial score (nSPS) is 25.4. The van der Waals surface area contributed by atoms with E-state index in [0.717, 1.165) is 30.6 Å². The summed E-state index contributed by atoms with van der Waals surface area (Å²) in [6.45, 7) is 6.79. The monoisotopic (exact) mass is 406 g/mol. The minimum absolute atomic E-state index is 0.0869. The van der Waals surface area contributed by atoms with Crippen LogP contribution >= 0.6 is 11.3 Å². The predicted octanol–water partition coefficient (Wildman–Crippen LogP) is 3.96. The molecule has 1 aliphatic carbocycles. The van der Waals surface area contributed by atoms with Gasteiger partial charge in [-0.25, -0.2) is 4.79 Å². The van der Waals surface area contributed by atoms with Crippen molar-refractivity contribution in [1.29, 1.82) is 0 Å². The van der Waals surface area contributed by atoms with Gasteiger partial charge in [-0.05, 0) is 50.0 Å². The quantitative estimate of drug-likeness (QED) is 0.803. The fourth-order valence-electron chi connectivity index (χ4n) is 4.20. The molecular weight excluding hydrogens is 376 g/mol. The van der Waals surface area contributed by atoms with Crippen LogP contribution in [0.3, 0.4) is 0 Å². The number of carbonyl (C=O) groups excluding carboxylic acids is 2. The van der Waals surface area contributed by atoms with Crippen LogP contribution in [-0.4, -0.2) is 47.4 Å². The van der Waals surface area contributed by atoms with Gasteiger partial charge in [0.15, 0.2) is 0 Å². The lowest BCUT2D eigenvalue weighted by atomic mass is 9.82. The Kier molecular flexibility index (Phi) is 6.12. The minimum atomic E-state index is -1.04. The smallest absolute Gasteiger partial charge is 0.348 e. The molecule has 1 saturated heterocycles. The molecule has 1 aromatic rings. The fraction of sp³-hybridized carbons (Fsp3) is 0.667. The van der Waals surface area contributed by atoms with E-state index in [9.17, 15) is 19.5 Å². The number of anilines is 1. The maximum Gasteiger partial charge on any atom is 0.348 e. The van der Waals surface area contributed by atoms with E-state index >= 15 is 0 Å². The molecule has 7 heteroatoms. The van der Waals surface area contributed by atoms with Gasteiger partial charge in [-0.15, -0.1) is 11.3 Å². The number of nitrogens with zero attached hydrogens (tertiary/aromatic N) is 2. The standard InChI is InChI=1S/C21H30N2O4S/c1-12(2)17-11-16(18(28-17)21(26)27)23(15-9-10-22(4)20(15)25)19(24)14-7-5-13(3)6-8-14/h11-15H,5-10H2,1-4H3,(H,26,27)/t13?,14?,15-/m0/s1. The number of hydrogen-bond acceptors (Lipinski definition) is 4. The summed E-state index contributed by atoms with van der Waals surface area (Å²) in [5.41, 5.74) is 0.401. The number of thiophene rings is 1. The van der Waals surface area contributed by atoms with Crippen molar-refractivity contribution in [2.75, 3.05) is 18.5 Å². The molecule has 154 valence electrons. The maximum atomic E-state index is 13.6. The zero-order valence-electron chi connectivity index (χ0n) is 17.1. The molecule has 0 aromatic carbocycles. The van der Waals surface area contributed by atoms with E-state index in [1.807, 2.05) is 19.9 Å². The lowest BCUT2D eigenvalue weighted by molar-refractivity contribution is -0.131. The average molecular weight is 407 g/mol. The van der Waals surface area contributed by atoms with Crippen molar-refractivity contribution >= 4 is 34.8 Å². The van der Waals surface area contributed by atoms with Crippen molar-refractivity contribution in [3.63, 3.8) is 0 Å². The van der Waals surface area contributed by atoms with Crippen LogP contribution in [0.15, 0.2) is 6.07 Å². The Labute approximate surface area is 170 Å². The highest BCUT2D eigenvalue weighted by atomic mass is 32.1. The summed E-state index contributed by atoms with van der Waals surface area (Å²) in [5.74, 6) is -0.603. The van der Waals surface area contributed by atoms with Crippen molar-refractivity contribution in [3.8, 4) is 0 Å². The Morgan fingerprint density at radius 3 is 2.36 bits per heavy atom. The molecule has 0 radical (unpaired) electrons. The zero-order valence-corrected chi connectivity index (χ0v) is 17.9. The summed E-state index contributed by atoms with van der Waals surface area (Å²) >= 11 is 1.21. The van der Waals surface area contributed by atoms with Crippen molar-refractivity contribution in [3.05, 3.63) is 15.8 Å². The molecule has 3 rings (SSSR count). The zero-order chi connectivity index (χ0) is 20.6. The van der Waals surface area contributed by atoms with Crippen LogP contribution < -0.4 is 4.90 Å². The van der Waals surface area contributed by atoms with Crippen molar-refractivity contribution < 1.29 is 19.5 Å². The van der Waals surface area contributed by atoms with Crippen LogP contribution in [0.2, 0.25) is 0 Å². The van der Waals surface area contributed by atoms with Gasteiger partial charge in [-0.1, -0.05) is 20.8 Å². The first-order valence-corrected chi connectivity index (χ1v) is 11.0. The van der Waals surface area contributed by atoms with Crippen LogP contribution in [-0.2, 0) is 9.59 Å². The van der Waals surface area contributed by atoms with E-state index < -0.39 is 12.0 Å². The molecule has 6 nitrogen and oxygen atoms in total. The Hall–Kier alpha value is -1.89.